The Bertz CT molecular complexity index is 893. The van der Waals surface area contributed by atoms with E-state index in [0.717, 1.165) is 11.1 Å². The van der Waals surface area contributed by atoms with E-state index >= 15 is 0 Å². The Morgan fingerprint density at radius 1 is 0.903 bits per heavy atom. The van der Waals surface area contributed by atoms with E-state index in [-0.39, 0.29) is 13.0 Å². The topological polar surface area (TPSA) is 82.1 Å². The van der Waals surface area contributed by atoms with Crippen molar-refractivity contribution in [3.63, 3.8) is 0 Å². The molecule has 0 spiro atoms. The van der Waals surface area contributed by atoms with Crippen LogP contribution in [-0.2, 0) is 30.4 Å². The third-order valence-corrected chi connectivity index (χ3v) is 4.60. The number of carbonyl (C=O) groups is 3. The Morgan fingerprint density at radius 3 is 2.16 bits per heavy atom. The summed E-state index contributed by atoms with van der Waals surface area (Å²) in [5, 5.41) is 0. The SMILES string of the molecule is CN(C(=O)OCOC(=O)C=Cc1ccccc1)C(C)(C)CC(=O)OCc1ccccc1. The lowest BCUT2D eigenvalue weighted by Gasteiger charge is -2.33. The lowest BCUT2D eigenvalue weighted by molar-refractivity contribution is -0.147. The molecule has 0 saturated heterocycles. The molecule has 2 aromatic rings. The molecule has 0 aliphatic heterocycles. The van der Waals surface area contributed by atoms with Gasteiger partial charge in [0.15, 0.2) is 0 Å². The minimum Gasteiger partial charge on any atom is -0.461 e. The van der Waals surface area contributed by atoms with Gasteiger partial charge >= 0.3 is 18.0 Å². The van der Waals surface area contributed by atoms with Crippen LogP contribution in [0.1, 0.15) is 31.4 Å². The molecular weight excluding hydrogens is 398 g/mol. The first-order chi connectivity index (χ1) is 14.8. The molecule has 0 N–H and O–H groups in total. The second kappa shape index (κ2) is 11.5. The van der Waals surface area contributed by atoms with Crippen molar-refractivity contribution in [3.8, 4) is 0 Å². The van der Waals surface area contributed by atoms with Gasteiger partial charge in [0.05, 0.1) is 12.0 Å². The third-order valence-electron chi connectivity index (χ3n) is 4.60. The van der Waals surface area contributed by atoms with Crippen LogP contribution in [0.3, 0.4) is 0 Å². The molecule has 2 aromatic carbocycles. The predicted octanol–water partition coefficient (Wildman–Crippen LogP) is 4.18. The fraction of sp³-hybridized carbons (Fsp3) is 0.292. The predicted molar refractivity (Wildman–Crippen MR) is 116 cm³/mol. The highest BCUT2D eigenvalue weighted by Crippen LogP contribution is 2.19. The van der Waals surface area contributed by atoms with E-state index in [1.165, 1.54) is 18.0 Å². The van der Waals surface area contributed by atoms with Crippen LogP contribution in [0.4, 0.5) is 4.79 Å². The molecule has 0 bridgehead atoms. The molecule has 0 aliphatic rings. The van der Waals surface area contributed by atoms with Crippen molar-refractivity contribution in [1.82, 2.24) is 4.90 Å². The fourth-order valence-electron chi connectivity index (χ4n) is 2.52. The highest BCUT2D eigenvalue weighted by Gasteiger charge is 2.32. The molecule has 0 radical (unpaired) electrons. The van der Waals surface area contributed by atoms with Crippen LogP contribution < -0.4 is 0 Å². The Balaban J connectivity index is 1.74. The summed E-state index contributed by atoms with van der Waals surface area (Å²) in [5.74, 6) is -1.07. The zero-order valence-electron chi connectivity index (χ0n) is 17.9. The third kappa shape index (κ3) is 8.34. The normalized spacial score (nSPS) is 11.1. The van der Waals surface area contributed by atoms with Crippen molar-refractivity contribution < 1.29 is 28.6 Å². The highest BCUT2D eigenvalue weighted by atomic mass is 16.7. The number of carbonyl (C=O) groups excluding carboxylic acids is 3. The molecule has 7 nitrogen and oxygen atoms in total. The lowest BCUT2D eigenvalue weighted by Crippen LogP contribution is -2.47. The molecule has 0 unspecified atom stereocenters. The van der Waals surface area contributed by atoms with Crippen LogP contribution >= 0.6 is 0 Å². The maximum atomic E-state index is 12.3. The minimum absolute atomic E-state index is 0.0228. The van der Waals surface area contributed by atoms with Crippen molar-refractivity contribution in [2.45, 2.75) is 32.4 Å². The Labute approximate surface area is 182 Å². The maximum absolute atomic E-state index is 12.3. The number of benzene rings is 2. The average molecular weight is 425 g/mol. The molecule has 164 valence electrons. The molecule has 2 rings (SSSR count). The maximum Gasteiger partial charge on any atom is 0.412 e. The van der Waals surface area contributed by atoms with E-state index in [1.54, 1.807) is 19.9 Å². The van der Waals surface area contributed by atoms with E-state index in [0.29, 0.717) is 0 Å². The van der Waals surface area contributed by atoms with Gasteiger partial charge in [-0.25, -0.2) is 9.59 Å². The quantitative estimate of drug-likeness (QED) is 0.341. The van der Waals surface area contributed by atoms with Gasteiger partial charge < -0.3 is 19.1 Å². The van der Waals surface area contributed by atoms with Gasteiger partial charge in [0, 0.05) is 13.1 Å². The Morgan fingerprint density at radius 2 is 1.52 bits per heavy atom. The van der Waals surface area contributed by atoms with E-state index in [2.05, 4.69) is 0 Å². The van der Waals surface area contributed by atoms with Crippen LogP contribution in [0, 0.1) is 0 Å². The summed E-state index contributed by atoms with van der Waals surface area (Å²) in [6.45, 7) is 3.06. The van der Waals surface area contributed by atoms with Gasteiger partial charge in [-0.3, -0.25) is 4.79 Å². The van der Waals surface area contributed by atoms with Gasteiger partial charge in [0.25, 0.3) is 0 Å². The smallest absolute Gasteiger partial charge is 0.412 e. The molecule has 1 amide bonds. The second-order valence-corrected chi connectivity index (χ2v) is 7.43. The van der Waals surface area contributed by atoms with Gasteiger partial charge in [-0.1, -0.05) is 60.7 Å². The van der Waals surface area contributed by atoms with Crippen LogP contribution in [0.5, 0.6) is 0 Å². The molecule has 0 fully saturated rings. The first-order valence-corrected chi connectivity index (χ1v) is 9.78. The van der Waals surface area contributed by atoms with Gasteiger partial charge in [-0.15, -0.1) is 0 Å². The summed E-state index contributed by atoms with van der Waals surface area (Å²) in [4.78, 5) is 37.4. The van der Waals surface area contributed by atoms with Gasteiger partial charge in [-0.2, -0.15) is 0 Å². The van der Waals surface area contributed by atoms with Crippen molar-refractivity contribution in [3.05, 3.63) is 77.9 Å². The molecule has 7 heteroatoms. The summed E-state index contributed by atoms with van der Waals surface area (Å²) in [5.41, 5.74) is 0.865. The van der Waals surface area contributed by atoms with Gasteiger partial charge in [0.2, 0.25) is 6.79 Å². The summed E-state index contributed by atoms with van der Waals surface area (Å²) in [7, 11) is 1.50. The largest absolute Gasteiger partial charge is 0.461 e. The lowest BCUT2D eigenvalue weighted by atomic mass is 9.99. The van der Waals surface area contributed by atoms with E-state index < -0.39 is 30.4 Å². The number of hydrogen-bond acceptors (Lipinski definition) is 6. The standard InChI is InChI=1S/C24H27NO6/c1-24(2,16-22(27)29-17-20-12-8-5-9-13-20)25(3)23(28)31-18-30-21(26)15-14-19-10-6-4-7-11-19/h4-15H,16-18H2,1-3H3. The molecule has 0 saturated carbocycles. The first kappa shape index (κ1) is 23.7. The second-order valence-electron chi connectivity index (χ2n) is 7.43. The van der Waals surface area contributed by atoms with Crippen LogP contribution in [0.2, 0.25) is 0 Å². The fourth-order valence-corrected chi connectivity index (χ4v) is 2.52. The van der Waals surface area contributed by atoms with E-state index in [1.807, 2.05) is 60.7 Å². The van der Waals surface area contributed by atoms with E-state index in [4.69, 9.17) is 14.2 Å². The van der Waals surface area contributed by atoms with Crippen LogP contribution in [0.25, 0.3) is 6.08 Å². The minimum atomic E-state index is -0.859. The van der Waals surface area contributed by atoms with Gasteiger partial charge in [0.1, 0.15) is 6.61 Å². The number of amides is 1. The zero-order chi connectivity index (χ0) is 22.7. The number of hydrogen-bond donors (Lipinski definition) is 0. The molecule has 0 aromatic heterocycles. The van der Waals surface area contributed by atoms with E-state index in [9.17, 15) is 14.4 Å². The number of ether oxygens (including phenoxy) is 3. The summed E-state index contributed by atoms with van der Waals surface area (Å²) >= 11 is 0. The highest BCUT2D eigenvalue weighted by molar-refractivity contribution is 5.87. The Hall–Kier alpha value is -3.61. The molecule has 0 atom stereocenters. The van der Waals surface area contributed by atoms with Crippen LogP contribution in [-0.4, -0.2) is 42.3 Å². The zero-order valence-corrected chi connectivity index (χ0v) is 17.9. The first-order valence-electron chi connectivity index (χ1n) is 9.78. The molecule has 0 heterocycles. The molecular formula is C24H27NO6. The number of rotatable bonds is 9. The summed E-state index contributed by atoms with van der Waals surface area (Å²) in [6, 6.07) is 18.6. The number of esters is 2. The van der Waals surface area contributed by atoms with Crippen molar-refractivity contribution in [2.75, 3.05) is 13.8 Å². The van der Waals surface area contributed by atoms with Crippen molar-refractivity contribution >= 4 is 24.1 Å². The molecule has 31 heavy (non-hydrogen) atoms. The average Bonchev–Trinajstić information content (AvgIpc) is 2.76. The van der Waals surface area contributed by atoms with Crippen LogP contribution in [0.15, 0.2) is 66.7 Å². The number of nitrogens with zero attached hydrogens (tertiary/aromatic N) is 1. The van der Waals surface area contributed by atoms with Crippen molar-refractivity contribution in [1.29, 1.82) is 0 Å². The summed E-state index contributed by atoms with van der Waals surface area (Å²) < 4.78 is 15.1. The van der Waals surface area contributed by atoms with Gasteiger partial charge in [-0.05, 0) is 31.1 Å². The summed E-state index contributed by atoms with van der Waals surface area (Å²) in [6.07, 6.45) is 2.10. The van der Waals surface area contributed by atoms with Crippen molar-refractivity contribution in [2.24, 2.45) is 0 Å². The Kier molecular flexibility index (Phi) is 8.81. The molecule has 0 aliphatic carbocycles. The monoisotopic (exact) mass is 425 g/mol.